The molecule has 0 rings (SSSR count). The third-order valence-electron chi connectivity index (χ3n) is 1.33. The molecule has 0 radical (unpaired) electrons. The van der Waals surface area contributed by atoms with E-state index in [1.54, 1.807) is 14.2 Å². The Bertz CT molecular complexity index is 92.9. The second-order valence-corrected chi connectivity index (χ2v) is 3.52. The molecule has 0 aromatic rings. The minimum absolute atomic E-state index is 1.01. The zero-order chi connectivity index (χ0) is 14.5. The Kier molecular flexibility index (Phi) is 54.1. The average Bonchev–Trinajstić information content (AvgIpc) is 2.31. The lowest BCUT2D eigenvalue weighted by Crippen LogP contribution is -2.18. The summed E-state index contributed by atoms with van der Waals surface area (Å²) in [7, 11) is 5.37. The molecule has 0 unspecified atom stereocenters. The molecule has 17 heavy (non-hydrogen) atoms. The van der Waals surface area contributed by atoms with Gasteiger partial charge in [-0.2, -0.15) is 0 Å². The Morgan fingerprint density at radius 3 is 1.71 bits per heavy atom. The Morgan fingerprint density at radius 2 is 1.47 bits per heavy atom. The molecule has 2 heteroatoms. The van der Waals surface area contributed by atoms with Crippen LogP contribution >= 0.6 is 0 Å². The number of methoxy groups -OCH3 is 1. The molecule has 0 saturated heterocycles. The van der Waals surface area contributed by atoms with E-state index in [0.29, 0.717) is 0 Å². The molecule has 0 N–H and O–H groups in total. The monoisotopic (exact) mass is 247 g/mol. The Morgan fingerprint density at radius 1 is 1.12 bits per heavy atom. The van der Waals surface area contributed by atoms with Crippen LogP contribution in [0.5, 0.6) is 0 Å². The Labute approximate surface area is 111 Å². The van der Waals surface area contributed by atoms with Crippen molar-refractivity contribution in [2.75, 3.05) is 34.4 Å². The summed E-state index contributed by atoms with van der Waals surface area (Å²) in [6.07, 6.45) is 5.77. The normalized spacial score (nSPS) is 7.82. The van der Waals surface area contributed by atoms with Crippen LogP contribution in [0, 0.1) is 0 Å². The van der Waals surface area contributed by atoms with Gasteiger partial charge in [-0.25, -0.2) is 0 Å². The zero-order valence-corrected chi connectivity index (χ0v) is 13.7. The average molecular weight is 247 g/mol. The predicted molar refractivity (Wildman–Crippen MR) is 82.8 cm³/mol. The second kappa shape index (κ2) is 36.1. The SMILES string of the molecule is C=CCN(C)CCCC.CC.CCC.COC. The molecule has 0 heterocycles. The van der Waals surface area contributed by atoms with Crippen LogP contribution in [0.15, 0.2) is 12.7 Å². The van der Waals surface area contributed by atoms with Gasteiger partial charge in [0.25, 0.3) is 0 Å². The summed E-state index contributed by atoms with van der Waals surface area (Å²) in [5.41, 5.74) is 0. The molecule has 0 fully saturated rings. The van der Waals surface area contributed by atoms with Crippen molar-refractivity contribution in [3.05, 3.63) is 12.7 Å². The maximum Gasteiger partial charge on any atom is 0.0351 e. The van der Waals surface area contributed by atoms with Crippen LogP contribution in [-0.2, 0) is 4.74 Å². The third kappa shape index (κ3) is 65.9. The number of hydrogen-bond acceptors (Lipinski definition) is 2. The zero-order valence-electron chi connectivity index (χ0n) is 13.7. The number of hydrogen-bond donors (Lipinski definition) is 0. The van der Waals surface area contributed by atoms with E-state index in [9.17, 15) is 0 Å². The molecule has 0 aliphatic heterocycles. The first-order chi connectivity index (χ1) is 8.14. The summed E-state index contributed by atoms with van der Waals surface area (Å²) in [6.45, 7) is 16.3. The maximum atomic E-state index is 4.25. The van der Waals surface area contributed by atoms with Gasteiger partial charge in [-0.15, -0.1) is 6.58 Å². The number of unbranched alkanes of at least 4 members (excludes halogenated alkanes) is 1. The van der Waals surface area contributed by atoms with Gasteiger partial charge in [0.1, 0.15) is 0 Å². The van der Waals surface area contributed by atoms with Gasteiger partial charge in [0, 0.05) is 20.8 Å². The lowest BCUT2D eigenvalue weighted by Gasteiger charge is -2.12. The molecule has 0 saturated carbocycles. The summed E-state index contributed by atoms with van der Waals surface area (Å²) in [5.74, 6) is 0. The van der Waals surface area contributed by atoms with Gasteiger partial charge in [-0.1, -0.05) is 53.5 Å². The third-order valence-corrected chi connectivity index (χ3v) is 1.33. The summed E-state index contributed by atoms with van der Waals surface area (Å²) < 4.78 is 4.25. The summed E-state index contributed by atoms with van der Waals surface area (Å²) >= 11 is 0. The summed E-state index contributed by atoms with van der Waals surface area (Å²) in [5, 5.41) is 0. The number of nitrogens with zero attached hydrogens (tertiary/aromatic N) is 1. The fraction of sp³-hybridized carbons (Fsp3) is 0.867. The standard InChI is InChI=1S/C8H17N.C3H8.C2H6O.C2H6/c1-4-6-8-9(3)7-5-2;2*1-3-2;1-2/h5H,2,4,6-8H2,1,3H3;3H2,1-2H3;1-2H3;1-2H3. The van der Waals surface area contributed by atoms with E-state index in [0.717, 1.165) is 6.54 Å². The lowest BCUT2D eigenvalue weighted by molar-refractivity contribution is 0.277. The Hall–Kier alpha value is -0.340. The second-order valence-electron chi connectivity index (χ2n) is 3.52. The van der Waals surface area contributed by atoms with Crippen molar-refractivity contribution in [1.82, 2.24) is 4.90 Å². The highest BCUT2D eigenvalue weighted by Crippen LogP contribution is 1.90. The minimum Gasteiger partial charge on any atom is -0.388 e. The van der Waals surface area contributed by atoms with E-state index in [2.05, 4.69) is 44.0 Å². The molecule has 0 spiro atoms. The molecule has 0 aromatic carbocycles. The van der Waals surface area contributed by atoms with Crippen molar-refractivity contribution in [2.24, 2.45) is 0 Å². The van der Waals surface area contributed by atoms with Gasteiger partial charge in [-0.3, -0.25) is 0 Å². The highest BCUT2D eigenvalue weighted by Gasteiger charge is 1.90. The van der Waals surface area contributed by atoms with Crippen LogP contribution in [0.25, 0.3) is 0 Å². The van der Waals surface area contributed by atoms with E-state index in [1.807, 2.05) is 19.9 Å². The molecule has 0 aliphatic rings. The van der Waals surface area contributed by atoms with Gasteiger partial charge in [0.2, 0.25) is 0 Å². The number of likely N-dealkylation sites (N-methyl/N-ethyl adjacent to an activating group) is 1. The molecule has 0 bridgehead atoms. The molecule has 108 valence electrons. The smallest absolute Gasteiger partial charge is 0.0351 e. The van der Waals surface area contributed by atoms with Crippen LogP contribution in [0.1, 0.15) is 53.9 Å². The summed E-state index contributed by atoms with van der Waals surface area (Å²) in [6, 6.07) is 0. The first-order valence-electron chi connectivity index (χ1n) is 6.83. The van der Waals surface area contributed by atoms with Gasteiger partial charge in [0.15, 0.2) is 0 Å². The molecular weight excluding hydrogens is 210 g/mol. The maximum absolute atomic E-state index is 4.25. The van der Waals surface area contributed by atoms with E-state index in [-0.39, 0.29) is 0 Å². The van der Waals surface area contributed by atoms with Crippen molar-refractivity contribution in [2.45, 2.75) is 53.9 Å². The molecule has 0 atom stereocenters. The number of ether oxygens (including phenoxy) is 1. The van der Waals surface area contributed by atoms with E-state index in [4.69, 9.17) is 0 Å². The highest BCUT2D eigenvalue weighted by atomic mass is 16.4. The fourth-order valence-corrected chi connectivity index (χ4v) is 0.740. The largest absolute Gasteiger partial charge is 0.388 e. The molecule has 0 amide bonds. The van der Waals surface area contributed by atoms with Crippen molar-refractivity contribution < 1.29 is 4.74 Å². The molecule has 2 nitrogen and oxygen atoms in total. The van der Waals surface area contributed by atoms with E-state index >= 15 is 0 Å². The molecular formula is C15H37NO. The van der Waals surface area contributed by atoms with Gasteiger partial charge in [-0.05, 0) is 20.0 Å². The van der Waals surface area contributed by atoms with Crippen LogP contribution in [0.2, 0.25) is 0 Å². The van der Waals surface area contributed by atoms with Gasteiger partial charge >= 0.3 is 0 Å². The first kappa shape index (κ1) is 25.5. The van der Waals surface area contributed by atoms with Crippen LogP contribution < -0.4 is 0 Å². The Balaban J connectivity index is -0.0000000879. The van der Waals surface area contributed by atoms with Crippen molar-refractivity contribution in [1.29, 1.82) is 0 Å². The predicted octanol–water partition coefficient (Wildman–Crippen LogP) is 4.61. The van der Waals surface area contributed by atoms with Crippen molar-refractivity contribution >= 4 is 0 Å². The van der Waals surface area contributed by atoms with Crippen LogP contribution in [-0.4, -0.2) is 39.3 Å². The van der Waals surface area contributed by atoms with Crippen LogP contribution in [0.3, 0.4) is 0 Å². The van der Waals surface area contributed by atoms with E-state index in [1.165, 1.54) is 25.8 Å². The topological polar surface area (TPSA) is 12.5 Å². The fourth-order valence-electron chi connectivity index (χ4n) is 0.740. The first-order valence-corrected chi connectivity index (χ1v) is 6.83. The van der Waals surface area contributed by atoms with Crippen LogP contribution in [0.4, 0.5) is 0 Å². The quantitative estimate of drug-likeness (QED) is 0.658. The molecule has 0 aromatic heterocycles. The lowest BCUT2D eigenvalue weighted by atomic mass is 10.3. The molecule has 0 aliphatic carbocycles. The van der Waals surface area contributed by atoms with Gasteiger partial charge in [0.05, 0.1) is 0 Å². The van der Waals surface area contributed by atoms with Crippen molar-refractivity contribution in [3.8, 4) is 0 Å². The summed E-state index contributed by atoms with van der Waals surface area (Å²) in [4.78, 5) is 2.27. The number of rotatable bonds is 5. The van der Waals surface area contributed by atoms with Crippen molar-refractivity contribution in [3.63, 3.8) is 0 Å². The van der Waals surface area contributed by atoms with E-state index < -0.39 is 0 Å². The van der Waals surface area contributed by atoms with Gasteiger partial charge < -0.3 is 9.64 Å². The highest BCUT2D eigenvalue weighted by molar-refractivity contribution is 4.70. The minimum atomic E-state index is 1.01.